The van der Waals surface area contributed by atoms with Gasteiger partial charge in [-0.25, -0.2) is 0 Å². The number of oxime groups is 1. The van der Waals surface area contributed by atoms with Crippen molar-refractivity contribution in [2.24, 2.45) is 10.9 Å². The van der Waals surface area contributed by atoms with Crippen LogP contribution in [0.1, 0.15) is 37.9 Å². The second-order valence-corrected chi connectivity index (χ2v) is 3.42. The molecule has 0 aromatic carbocycles. The molecule has 3 N–H and O–H groups in total. The predicted molar refractivity (Wildman–Crippen MR) is 54.5 cm³/mol. The topological polar surface area (TPSA) is 76.4 Å². The molecule has 0 fully saturated rings. The maximum Gasteiger partial charge on any atom is 0.173 e. The molecule has 0 spiro atoms. The van der Waals surface area contributed by atoms with E-state index in [0.29, 0.717) is 5.56 Å². The minimum atomic E-state index is 0.119. The Morgan fingerprint density at radius 2 is 2.36 bits per heavy atom. The Morgan fingerprint density at radius 1 is 1.71 bits per heavy atom. The van der Waals surface area contributed by atoms with Crippen molar-refractivity contribution in [3.05, 3.63) is 17.5 Å². The summed E-state index contributed by atoms with van der Waals surface area (Å²) < 4.78 is 1.78. The summed E-state index contributed by atoms with van der Waals surface area (Å²) in [6.07, 6.45) is 1.80. The first kappa shape index (κ1) is 10.6. The summed E-state index contributed by atoms with van der Waals surface area (Å²) in [4.78, 5) is 0. The summed E-state index contributed by atoms with van der Waals surface area (Å²) in [5, 5.41) is 15.9. The molecule has 0 aliphatic rings. The molecule has 5 heteroatoms. The molecule has 14 heavy (non-hydrogen) atoms. The minimum absolute atomic E-state index is 0.119. The fourth-order valence-corrected chi connectivity index (χ4v) is 1.28. The van der Waals surface area contributed by atoms with Gasteiger partial charge in [-0.05, 0) is 12.8 Å². The maximum absolute atomic E-state index is 8.60. The van der Waals surface area contributed by atoms with Crippen molar-refractivity contribution in [2.45, 2.75) is 33.2 Å². The molecule has 1 aromatic heterocycles. The van der Waals surface area contributed by atoms with E-state index in [1.807, 2.05) is 20.8 Å². The quantitative estimate of drug-likeness (QED) is 0.329. The van der Waals surface area contributed by atoms with Crippen LogP contribution < -0.4 is 5.73 Å². The van der Waals surface area contributed by atoms with E-state index in [4.69, 9.17) is 10.9 Å². The molecule has 1 aromatic rings. The summed E-state index contributed by atoms with van der Waals surface area (Å²) in [6.45, 7) is 6.82. The molecule has 0 bridgehead atoms. The van der Waals surface area contributed by atoms with Gasteiger partial charge in [-0.2, -0.15) is 5.10 Å². The van der Waals surface area contributed by atoms with Gasteiger partial charge in [0.2, 0.25) is 0 Å². The molecule has 0 aliphatic heterocycles. The van der Waals surface area contributed by atoms with Crippen LogP contribution >= 0.6 is 0 Å². The van der Waals surface area contributed by atoms with Crippen molar-refractivity contribution in [1.29, 1.82) is 0 Å². The first-order valence-corrected chi connectivity index (χ1v) is 4.65. The second-order valence-electron chi connectivity index (χ2n) is 3.42. The summed E-state index contributed by atoms with van der Waals surface area (Å²) in [5.41, 5.74) is 7.12. The molecule has 78 valence electrons. The highest BCUT2D eigenvalue weighted by Crippen LogP contribution is 2.17. The Bertz CT molecular complexity index is 341. The lowest BCUT2D eigenvalue weighted by Crippen LogP contribution is -2.14. The maximum atomic E-state index is 8.60. The first-order valence-electron chi connectivity index (χ1n) is 4.65. The molecule has 0 unspecified atom stereocenters. The number of nitrogens with zero attached hydrogens (tertiary/aromatic N) is 3. The number of hydrogen-bond donors (Lipinski definition) is 2. The molecule has 0 saturated carbocycles. The average Bonchev–Trinajstić information content (AvgIpc) is 2.60. The average molecular weight is 196 g/mol. The molecule has 0 saturated heterocycles. The molecule has 0 amide bonds. The third kappa shape index (κ3) is 1.86. The van der Waals surface area contributed by atoms with Crippen molar-refractivity contribution < 1.29 is 5.21 Å². The number of hydrogen-bond acceptors (Lipinski definition) is 3. The normalized spacial score (nSPS) is 12.4. The van der Waals surface area contributed by atoms with E-state index < -0.39 is 0 Å². The van der Waals surface area contributed by atoms with E-state index in [9.17, 15) is 0 Å². The van der Waals surface area contributed by atoms with Gasteiger partial charge in [0.15, 0.2) is 5.84 Å². The van der Waals surface area contributed by atoms with Crippen LogP contribution in [-0.4, -0.2) is 20.8 Å². The Hall–Kier alpha value is -1.52. The number of amidine groups is 1. The predicted octanol–water partition coefficient (Wildman–Crippen LogP) is 1.12. The molecular formula is C9H16N4O. The fraction of sp³-hybridized carbons (Fsp3) is 0.556. The molecule has 5 nitrogen and oxygen atoms in total. The summed E-state index contributed by atoms with van der Waals surface area (Å²) in [7, 11) is 0. The number of aryl methyl sites for hydroxylation is 1. The third-order valence-electron chi connectivity index (χ3n) is 2.04. The van der Waals surface area contributed by atoms with E-state index in [0.717, 1.165) is 12.2 Å². The van der Waals surface area contributed by atoms with Crippen molar-refractivity contribution in [3.63, 3.8) is 0 Å². The Labute approximate surface area is 83.2 Å². The van der Waals surface area contributed by atoms with Crippen molar-refractivity contribution in [2.75, 3.05) is 0 Å². The third-order valence-corrected chi connectivity index (χ3v) is 2.04. The fourth-order valence-electron chi connectivity index (χ4n) is 1.28. The molecule has 0 atom stereocenters. The van der Waals surface area contributed by atoms with Crippen LogP contribution in [0.15, 0.2) is 11.4 Å². The summed E-state index contributed by atoms with van der Waals surface area (Å²) in [5.74, 6) is 0.381. The highest BCUT2D eigenvalue weighted by molar-refractivity contribution is 5.97. The van der Waals surface area contributed by atoms with E-state index >= 15 is 0 Å². The van der Waals surface area contributed by atoms with Crippen molar-refractivity contribution >= 4 is 5.84 Å². The monoisotopic (exact) mass is 196 g/mol. The standard InChI is InChI=1S/C9H16N4O/c1-4-13-5-7(9(10)12-14)8(11-13)6(2)3/h5-6,14H,4H2,1-3H3,(H2,10,12). The van der Waals surface area contributed by atoms with E-state index in [2.05, 4.69) is 10.3 Å². The highest BCUT2D eigenvalue weighted by atomic mass is 16.4. The Morgan fingerprint density at radius 3 is 2.79 bits per heavy atom. The van der Waals surface area contributed by atoms with Gasteiger partial charge in [0.05, 0.1) is 11.3 Å². The molecule has 0 radical (unpaired) electrons. The zero-order valence-electron chi connectivity index (χ0n) is 8.73. The molecule has 1 heterocycles. The molecule has 1 rings (SSSR count). The zero-order chi connectivity index (χ0) is 10.7. The van der Waals surface area contributed by atoms with Gasteiger partial charge in [0.25, 0.3) is 0 Å². The smallest absolute Gasteiger partial charge is 0.173 e. The summed E-state index contributed by atoms with van der Waals surface area (Å²) in [6, 6.07) is 0. The zero-order valence-corrected chi connectivity index (χ0v) is 8.73. The van der Waals surface area contributed by atoms with Gasteiger partial charge in [-0.15, -0.1) is 0 Å². The lowest BCUT2D eigenvalue weighted by Gasteiger charge is -2.02. The van der Waals surface area contributed by atoms with E-state index in [1.165, 1.54) is 0 Å². The van der Waals surface area contributed by atoms with Crippen LogP contribution in [0.3, 0.4) is 0 Å². The second kappa shape index (κ2) is 4.13. The van der Waals surface area contributed by atoms with Gasteiger partial charge in [0, 0.05) is 12.7 Å². The lowest BCUT2D eigenvalue weighted by molar-refractivity contribution is 0.318. The van der Waals surface area contributed by atoms with Crippen LogP contribution in [0.5, 0.6) is 0 Å². The van der Waals surface area contributed by atoms with Gasteiger partial charge in [-0.1, -0.05) is 19.0 Å². The molecular weight excluding hydrogens is 180 g/mol. The minimum Gasteiger partial charge on any atom is -0.409 e. The van der Waals surface area contributed by atoms with Crippen LogP contribution in [-0.2, 0) is 6.54 Å². The summed E-state index contributed by atoms with van der Waals surface area (Å²) >= 11 is 0. The number of nitrogens with two attached hydrogens (primary N) is 1. The van der Waals surface area contributed by atoms with E-state index in [1.54, 1.807) is 10.9 Å². The SMILES string of the molecule is CCn1cc(/C(N)=N\O)c(C(C)C)n1. The number of aromatic nitrogens is 2. The Balaban J connectivity index is 3.19. The Kier molecular flexibility index (Phi) is 3.11. The molecule has 0 aliphatic carbocycles. The lowest BCUT2D eigenvalue weighted by atomic mass is 10.1. The van der Waals surface area contributed by atoms with Gasteiger partial charge in [0.1, 0.15) is 0 Å². The van der Waals surface area contributed by atoms with Gasteiger partial charge < -0.3 is 10.9 Å². The van der Waals surface area contributed by atoms with Gasteiger partial charge >= 0.3 is 0 Å². The highest BCUT2D eigenvalue weighted by Gasteiger charge is 2.14. The van der Waals surface area contributed by atoms with Crippen molar-refractivity contribution in [3.8, 4) is 0 Å². The van der Waals surface area contributed by atoms with Crippen LogP contribution in [0.2, 0.25) is 0 Å². The first-order chi connectivity index (χ1) is 6.60. The number of rotatable bonds is 3. The largest absolute Gasteiger partial charge is 0.409 e. The van der Waals surface area contributed by atoms with Crippen molar-refractivity contribution in [1.82, 2.24) is 9.78 Å². The van der Waals surface area contributed by atoms with Crippen LogP contribution in [0.4, 0.5) is 0 Å². The van der Waals surface area contributed by atoms with Crippen LogP contribution in [0, 0.1) is 0 Å². The van der Waals surface area contributed by atoms with Gasteiger partial charge in [-0.3, -0.25) is 4.68 Å². The van der Waals surface area contributed by atoms with E-state index in [-0.39, 0.29) is 11.8 Å². The van der Waals surface area contributed by atoms with Crippen LogP contribution in [0.25, 0.3) is 0 Å².